The Kier molecular flexibility index (Phi) is 4.69. The largest absolute Gasteiger partial charge is 0.378 e. The number of H-pyrrole nitrogens is 1. The summed E-state index contributed by atoms with van der Waals surface area (Å²) in [7, 11) is 1.84. The molecule has 3 atom stereocenters. The molecule has 6 heteroatoms. The minimum Gasteiger partial charge on any atom is -0.378 e. The number of aryl methyl sites for hydroxylation is 1. The summed E-state index contributed by atoms with van der Waals surface area (Å²) in [6, 6.07) is 1.96. The molecule has 0 unspecified atom stereocenters. The lowest BCUT2D eigenvalue weighted by Gasteiger charge is -2.43. The Morgan fingerprint density at radius 3 is 2.92 bits per heavy atom. The third-order valence-corrected chi connectivity index (χ3v) is 6.20. The number of hydrogen-bond acceptors (Lipinski definition) is 5. The first-order valence-corrected chi connectivity index (χ1v) is 9.55. The molecule has 1 aliphatic heterocycles. The quantitative estimate of drug-likeness (QED) is 0.853. The molecule has 2 heterocycles. The third kappa shape index (κ3) is 3.66. The van der Waals surface area contributed by atoms with Crippen LogP contribution < -0.4 is 5.56 Å². The van der Waals surface area contributed by atoms with Gasteiger partial charge in [0.25, 0.3) is 5.56 Å². The summed E-state index contributed by atoms with van der Waals surface area (Å²) >= 11 is 0. The number of hydrogen-bond donors (Lipinski definition) is 1. The van der Waals surface area contributed by atoms with Crippen LogP contribution >= 0.6 is 0 Å². The molecule has 2 aliphatic carbocycles. The Morgan fingerprint density at radius 1 is 1.36 bits per heavy atom. The number of ether oxygens (including phenoxy) is 2. The topological polar surface area (TPSA) is 67.5 Å². The van der Waals surface area contributed by atoms with Crippen molar-refractivity contribution < 1.29 is 9.47 Å². The maximum absolute atomic E-state index is 11.7. The number of fused-ring (bicyclic) bond motifs is 1. The first-order chi connectivity index (χ1) is 12.1. The van der Waals surface area contributed by atoms with E-state index < -0.39 is 0 Å². The Morgan fingerprint density at radius 2 is 2.20 bits per heavy atom. The van der Waals surface area contributed by atoms with Crippen molar-refractivity contribution in [3.05, 3.63) is 27.9 Å². The zero-order valence-electron chi connectivity index (χ0n) is 15.3. The summed E-state index contributed by atoms with van der Waals surface area (Å²) in [6.07, 6.45) is 7.21. The van der Waals surface area contributed by atoms with E-state index in [9.17, 15) is 4.79 Å². The highest BCUT2D eigenvalue weighted by Gasteiger charge is 2.51. The Bertz CT molecular complexity index is 672. The molecule has 1 saturated heterocycles. The number of rotatable bonds is 6. The van der Waals surface area contributed by atoms with E-state index in [1.807, 2.05) is 14.0 Å². The van der Waals surface area contributed by atoms with Crippen molar-refractivity contribution in [2.75, 3.05) is 20.3 Å². The number of nitrogens with zero attached hydrogens (tertiary/aromatic N) is 2. The Balaban J connectivity index is 1.47. The van der Waals surface area contributed by atoms with Crippen LogP contribution in [0.15, 0.2) is 10.9 Å². The Labute approximate surface area is 148 Å². The van der Waals surface area contributed by atoms with Crippen LogP contribution in [0.4, 0.5) is 0 Å². The average molecular weight is 347 g/mol. The lowest BCUT2D eigenvalue weighted by atomic mass is 9.79. The molecule has 1 aromatic rings. The van der Waals surface area contributed by atoms with E-state index in [1.54, 1.807) is 6.07 Å². The molecule has 1 N–H and O–H groups in total. The molecule has 0 radical (unpaired) electrons. The van der Waals surface area contributed by atoms with Gasteiger partial charge in [-0.2, -0.15) is 0 Å². The standard InChI is InChI=1S/C19H29N3O3/c1-13-20-15(9-18(23)21-13)11-22-8-7-19(24-2)6-5-16(10-17(19)22)25-12-14-3-4-14/h9,14,16-17H,3-8,10-12H2,1-2H3,(H,20,21,23)/t16-,17+,19-/m1/s1. The van der Waals surface area contributed by atoms with Crippen LogP contribution in [0.3, 0.4) is 0 Å². The van der Waals surface area contributed by atoms with Crippen molar-refractivity contribution in [1.82, 2.24) is 14.9 Å². The molecule has 3 aliphatic rings. The lowest BCUT2D eigenvalue weighted by Crippen LogP contribution is -2.51. The van der Waals surface area contributed by atoms with E-state index in [2.05, 4.69) is 14.9 Å². The first-order valence-electron chi connectivity index (χ1n) is 9.55. The van der Waals surface area contributed by atoms with E-state index in [4.69, 9.17) is 9.47 Å². The molecule has 0 spiro atoms. The summed E-state index contributed by atoms with van der Waals surface area (Å²) in [5.41, 5.74) is 0.707. The molecule has 25 heavy (non-hydrogen) atoms. The van der Waals surface area contributed by atoms with Gasteiger partial charge in [-0.25, -0.2) is 4.98 Å². The molecule has 4 rings (SSSR count). The van der Waals surface area contributed by atoms with Gasteiger partial charge in [0, 0.05) is 38.9 Å². The number of methoxy groups -OCH3 is 1. The number of likely N-dealkylation sites (tertiary alicyclic amines) is 1. The van der Waals surface area contributed by atoms with Gasteiger partial charge in [0.1, 0.15) is 5.82 Å². The number of nitrogens with one attached hydrogen (secondary N) is 1. The summed E-state index contributed by atoms with van der Waals surface area (Å²) < 4.78 is 12.2. The molecule has 1 aromatic heterocycles. The lowest BCUT2D eigenvalue weighted by molar-refractivity contribution is -0.103. The maximum atomic E-state index is 11.7. The highest BCUT2D eigenvalue weighted by atomic mass is 16.5. The highest BCUT2D eigenvalue weighted by molar-refractivity contribution is 5.09. The van der Waals surface area contributed by atoms with Gasteiger partial charge in [0.05, 0.1) is 17.4 Å². The molecule has 2 saturated carbocycles. The maximum Gasteiger partial charge on any atom is 0.251 e. The molecule has 0 bridgehead atoms. The second-order valence-electron chi connectivity index (χ2n) is 8.00. The van der Waals surface area contributed by atoms with Crippen LogP contribution in [-0.4, -0.2) is 52.9 Å². The van der Waals surface area contributed by atoms with Crippen LogP contribution in [-0.2, 0) is 16.0 Å². The highest BCUT2D eigenvalue weighted by Crippen LogP contribution is 2.44. The summed E-state index contributed by atoms with van der Waals surface area (Å²) in [5, 5.41) is 0. The van der Waals surface area contributed by atoms with Crippen molar-refractivity contribution in [2.24, 2.45) is 5.92 Å². The van der Waals surface area contributed by atoms with Crippen LogP contribution in [0.1, 0.15) is 50.0 Å². The van der Waals surface area contributed by atoms with Crippen molar-refractivity contribution >= 4 is 0 Å². The van der Waals surface area contributed by atoms with Gasteiger partial charge in [-0.3, -0.25) is 9.69 Å². The molecule has 6 nitrogen and oxygen atoms in total. The molecule has 3 fully saturated rings. The van der Waals surface area contributed by atoms with Crippen molar-refractivity contribution in [3.8, 4) is 0 Å². The van der Waals surface area contributed by atoms with E-state index in [-0.39, 0.29) is 11.2 Å². The van der Waals surface area contributed by atoms with Crippen LogP contribution in [0, 0.1) is 12.8 Å². The van der Waals surface area contributed by atoms with Crippen LogP contribution in [0.25, 0.3) is 0 Å². The summed E-state index contributed by atoms with van der Waals surface area (Å²) in [4.78, 5) is 21.4. The number of aromatic amines is 1. The van der Waals surface area contributed by atoms with Crippen molar-refractivity contribution in [2.45, 2.75) is 69.7 Å². The second-order valence-corrected chi connectivity index (χ2v) is 8.00. The van der Waals surface area contributed by atoms with Crippen LogP contribution in [0.5, 0.6) is 0 Å². The van der Waals surface area contributed by atoms with Gasteiger partial charge in [0.2, 0.25) is 0 Å². The summed E-state index contributed by atoms with van der Waals surface area (Å²) in [6.45, 7) is 4.44. The first kappa shape index (κ1) is 17.2. The monoisotopic (exact) mass is 347 g/mol. The fraction of sp³-hybridized carbons (Fsp3) is 0.789. The zero-order chi connectivity index (χ0) is 17.4. The molecule has 0 aromatic carbocycles. The smallest absolute Gasteiger partial charge is 0.251 e. The van der Waals surface area contributed by atoms with Gasteiger partial charge < -0.3 is 14.5 Å². The van der Waals surface area contributed by atoms with Gasteiger partial charge in [0.15, 0.2) is 0 Å². The molecular weight excluding hydrogens is 318 g/mol. The molecular formula is C19H29N3O3. The minimum atomic E-state index is -0.0750. The van der Waals surface area contributed by atoms with E-state index in [0.717, 1.165) is 50.4 Å². The van der Waals surface area contributed by atoms with E-state index >= 15 is 0 Å². The summed E-state index contributed by atoms with van der Waals surface area (Å²) in [5.74, 6) is 1.48. The number of aromatic nitrogens is 2. The zero-order valence-corrected chi connectivity index (χ0v) is 15.3. The predicted molar refractivity (Wildman–Crippen MR) is 94.5 cm³/mol. The van der Waals surface area contributed by atoms with Gasteiger partial charge in [-0.1, -0.05) is 0 Å². The van der Waals surface area contributed by atoms with E-state index in [0.29, 0.717) is 24.5 Å². The van der Waals surface area contributed by atoms with Crippen molar-refractivity contribution in [3.63, 3.8) is 0 Å². The fourth-order valence-electron chi connectivity index (χ4n) is 4.58. The normalized spacial score (nSPS) is 32.7. The third-order valence-electron chi connectivity index (χ3n) is 6.20. The predicted octanol–water partition coefficient (Wildman–Crippen LogP) is 2.02. The molecule has 0 amide bonds. The molecule has 138 valence electrons. The van der Waals surface area contributed by atoms with Gasteiger partial charge in [-0.05, 0) is 51.4 Å². The van der Waals surface area contributed by atoms with Gasteiger partial charge in [-0.15, -0.1) is 0 Å². The average Bonchev–Trinajstić information content (AvgIpc) is 3.35. The second kappa shape index (κ2) is 6.82. The fourth-order valence-corrected chi connectivity index (χ4v) is 4.58. The SMILES string of the molecule is CO[C@@]12CC[C@@H](OCC3CC3)C[C@@H]1N(Cc1cc(=O)[nH]c(C)n1)CC2. The van der Waals surface area contributed by atoms with Crippen molar-refractivity contribution in [1.29, 1.82) is 0 Å². The Hall–Kier alpha value is -1.24. The van der Waals surface area contributed by atoms with Crippen LogP contribution in [0.2, 0.25) is 0 Å². The van der Waals surface area contributed by atoms with E-state index in [1.165, 1.54) is 12.8 Å². The van der Waals surface area contributed by atoms with Gasteiger partial charge >= 0.3 is 0 Å². The minimum absolute atomic E-state index is 0.0598.